The summed E-state index contributed by atoms with van der Waals surface area (Å²) in [6.45, 7) is 0. The number of para-hydroxylation sites is 1. The van der Waals surface area contributed by atoms with Gasteiger partial charge in [0.05, 0.1) is 10.6 Å². The predicted molar refractivity (Wildman–Crippen MR) is 150 cm³/mol. The van der Waals surface area contributed by atoms with Crippen molar-refractivity contribution in [1.29, 1.82) is 0 Å². The lowest BCUT2D eigenvalue weighted by Crippen LogP contribution is -2.12. The number of nitro benzene ring substituents is 1. The van der Waals surface area contributed by atoms with E-state index in [-0.39, 0.29) is 16.3 Å². The minimum Gasteiger partial charge on any atom is -0.377 e. The first kappa shape index (κ1) is 24.9. The van der Waals surface area contributed by atoms with Gasteiger partial charge in [-0.1, -0.05) is 48.5 Å². The number of nitrogens with zero attached hydrogens (tertiary/aromatic N) is 3. The maximum absolute atomic E-state index is 13.5. The largest absolute Gasteiger partial charge is 0.377 e. The lowest BCUT2D eigenvalue weighted by atomic mass is 10.1. The molecule has 0 aliphatic heterocycles. The molecule has 0 N–H and O–H groups in total. The molecule has 190 valence electrons. The molecule has 0 radical (unpaired) electrons. The van der Waals surface area contributed by atoms with Gasteiger partial charge in [0.2, 0.25) is 0 Å². The van der Waals surface area contributed by atoms with Crippen molar-refractivity contribution in [3.05, 3.63) is 112 Å². The zero-order valence-corrected chi connectivity index (χ0v) is 21.4. The third kappa shape index (κ3) is 4.91. The van der Waals surface area contributed by atoms with E-state index in [4.69, 9.17) is 4.18 Å². The quantitative estimate of drug-likeness (QED) is 0.140. The molecule has 5 aromatic rings. The van der Waals surface area contributed by atoms with Crippen LogP contribution in [0, 0.1) is 10.1 Å². The first-order valence-corrected chi connectivity index (χ1v) is 13.1. The number of hydrogen-bond acceptors (Lipinski definition) is 7. The van der Waals surface area contributed by atoms with Gasteiger partial charge in [0, 0.05) is 48.1 Å². The van der Waals surface area contributed by atoms with E-state index in [9.17, 15) is 18.5 Å². The number of hydrogen-bond donors (Lipinski definition) is 0. The summed E-state index contributed by atoms with van der Waals surface area (Å²) in [7, 11) is -0.375. The topological polar surface area (TPSA) is 103 Å². The number of benzene rings is 4. The number of nitro groups is 1. The second-order valence-electron chi connectivity index (χ2n) is 8.81. The van der Waals surface area contributed by atoms with E-state index >= 15 is 0 Å². The molecule has 0 amide bonds. The lowest BCUT2D eigenvalue weighted by Gasteiger charge is -2.17. The normalized spacial score (nSPS) is 11.7. The predicted octanol–water partition coefficient (Wildman–Crippen LogP) is 6.30. The Hall–Kier alpha value is -4.76. The molecule has 0 saturated heterocycles. The van der Waals surface area contributed by atoms with E-state index in [1.807, 2.05) is 49.3 Å². The summed E-state index contributed by atoms with van der Waals surface area (Å²) < 4.78 is 32.6. The second kappa shape index (κ2) is 9.95. The molecule has 0 bridgehead atoms. The van der Waals surface area contributed by atoms with Crippen LogP contribution in [0.3, 0.4) is 0 Å². The highest BCUT2D eigenvalue weighted by atomic mass is 32.2. The molecular formula is C29H23N3O5S. The van der Waals surface area contributed by atoms with Crippen LogP contribution in [0.4, 0.5) is 11.4 Å². The Morgan fingerprint density at radius 3 is 2.29 bits per heavy atom. The maximum atomic E-state index is 13.5. The van der Waals surface area contributed by atoms with Crippen molar-refractivity contribution >= 4 is 55.3 Å². The molecule has 9 heteroatoms. The summed E-state index contributed by atoms with van der Waals surface area (Å²) in [6, 6.07) is 25.5. The Labute approximate surface area is 219 Å². The van der Waals surface area contributed by atoms with Crippen LogP contribution in [0.1, 0.15) is 11.3 Å². The highest BCUT2D eigenvalue weighted by Gasteiger charge is 2.22. The van der Waals surface area contributed by atoms with Gasteiger partial charge in [-0.3, -0.25) is 10.1 Å². The van der Waals surface area contributed by atoms with Gasteiger partial charge in [0.15, 0.2) is 5.75 Å². The molecule has 0 fully saturated rings. The average molecular weight is 526 g/mol. The van der Waals surface area contributed by atoms with Gasteiger partial charge in [-0.25, -0.2) is 4.98 Å². The van der Waals surface area contributed by atoms with E-state index in [1.165, 1.54) is 18.2 Å². The SMILES string of the molecule is CN(C)c1cccc2c(S(=O)(=O)Oc3cccc4ccc(/C=C/c5ccc([N+](=O)[O-])cc5)nc34)cccc12. The lowest BCUT2D eigenvalue weighted by molar-refractivity contribution is -0.384. The molecule has 0 spiro atoms. The Bertz CT molecular complexity index is 1810. The Balaban J connectivity index is 1.50. The standard InChI is InChI=1S/C29H23N3O5S/c1-31(2)26-9-4-8-25-24(26)7-5-11-28(25)38(35,36)37-27-10-3-6-21-15-17-22(30-29(21)27)16-12-20-13-18-23(19-14-20)32(33)34/h3-19H,1-2H3/b16-12+. The highest BCUT2D eigenvalue weighted by Crippen LogP contribution is 2.33. The number of anilines is 1. The maximum Gasteiger partial charge on any atom is 0.339 e. The summed E-state index contributed by atoms with van der Waals surface area (Å²) in [6.07, 6.45) is 3.52. The molecule has 38 heavy (non-hydrogen) atoms. The van der Waals surface area contributed by atoms with Gasteiger partial charge in [-0.05, 0) is 48.0 Å². The highest BCUT2D eigenvalue weighted by molar-refractivity contribution is 7.87. The van der Waals surface area contributed by atoms with Crippen LogP contribution in [-0.4, -0.2) is 32.4 Å². The Morgan fingerprint density at radius 2 is 1.55 bits per heavy atom. The molecule has 8 nitrogen and oxygen atoms in total. The van der Waals surface area contributed by atoms with Gasteiger partial charge in [-0.15, -0.1) is 0 Å². The Morgan fingerprint density at radius 1 is 0.842 bits per heavy atom. The van der Waals surface area contributed by atoms with Gasteiger partial charge in [0.1, 0.15) is 10.4 Å². The molecule has 0 aliphatic carbocycles. The fourth-order valence-electron chi connectivity index (χ4n) is 4.22. The molecule has 1 heterocycles. The fraction of sp³-hybridized carbons (Fsp3) is 0.0690. The molecular weight excluding hydrogens is 502 g/mol. The van der Waals surface area contributed by atoms with Crippen molar-refractivity contribution in [2.75, 3.05) is 19.0 Å². The van der Waals surface area contributed by atoms with Crippen molar-refractivity contribution < 1.29 is 17.5 Å². The van der Waals surface area contributed by atoms with Crippen LogP contribution < -0.4 is 9.08 Å². The van der Waals surface area contributed by atoms with E-state index in [0.29, 0.717) is 16.6 Å². The molecule has 1 aromatic heterocycles. The summed E-state index contributed by atoms with van der Waals surface area (Å²) in [5.74, 6) is 0.119. The number of pyridine rings is 1. The van der Waals surface area contributed by atoms with Gasteiger partial charge in [0.25, 0.3) is 5.69 Å². The molecule has 0 saturated carbocycles. The van der Waals surface area contributed by atoms with E-state index in [1.54, 1.807) is 54.6 Å². The summed E-state index contributed by atoms with van der Waals surface area (Å²) in [4.78, 5) is 17.0. The number of non-ortho nitro benzene ring substituents is 1. The molecule has 0 aliphatic rings. The molecule has 0 unspecified atom stereocenters. The third-order valence-electron chi connectivity index (χ3n) is 6.06. The Kier molecular flexibility index (Phi) is 6.52. The van der Waals surface area contributed by atoms with Gasteiger partial charge >= 0.3 is 10.1 Å². The minimum absolute atomic E-state index is 0.0121. The zero-order chi connectivity index (χ0) is 26.9. The van der Waals surface area contributed by atoms with Crippen LogP contribution in [-0.2, 0) is 10.1 Å². The summed E-state index contributed by atoms with van der Waals surface area (Å²) in [5, 5.41) is 13.0. The fourth-order valence-corrected chi connectivity index (χ4v) is 5.37. The van der Waals surface area contributed by atoms with Crippen LogP contribution >= 0.6 is 0 Å². The van der Waals surface area contributed by atoms with E-state index in [0.717, 1.165) is 22.0 Å². The molecule has 5 rings (SSSR count). The van der Waals surface area contributed by atoms with Crippen LogP contribution in [0.15, 0.2) is 95.9 Å². The average Bonchev–Trinajstić information content (AvgIpc) is 2.91. The van der Waals surface area contributed by atoms with Crippen molar-refractivity contribution in [3.8, 4) is 5.75 Å². The van der Waals surface area contributed by atoms with Crippen molar-refractivity contribution in [3.63, 3.8) is 0 Å². The monoisotopic (exact) mass is 525 g/mol. The third-order valence-corrected chi connectivity index (χ3v) is 7.36. The molecule has 0 atom stereocenters. The smallest absolute Gasteiger partial charge is 0.339 e. The summed E-state index contributed by atoms with van der Waals surface area (Å²) in [5.41, 5.74) is 2.65. The number of rotatable bonds is 7. The van der Waals surface area contributed by atoms with Crippen molar-refractivity contribution in [2.45, 2.75) is 4.90 Å². The zero-order valence-electron chi connectivity index (χ0n) is 20.6. The first-order chi connectivity index (χ1) is 18.2. The van der Waals surface area contributed by atoms with Crippen LogP contribution in [0.25, 0.3) is 33.8 Å². The second-order valence-corrected chi connectivity index (χ2v) is 10.3. The van der Waals surface area contributed by atoms with Gasteiger partial charge < -0.3 is 9.08 Å². The first-order valence-electron chi connectivity index (χ1n) is 11.7. The van der Waals surface area contributed by atoms with E-state index < -0.39 is 15.0 Å². The minimum atomic E-state index is -4.18. The van der Waals surface area contributed by atoms with Crippen LogP contribution in [0.5, 0.6) is 5.75 Å². The summed E-state index contributed by atoms with van der Waals surface area (Å²) >= 11 is 0. The number of aromatic nitrogens is 1. The van der Waals surface area contributed by atoms with Crippen molar-refractivity contribution in [1.82, 2.24) is 4.98 Å². The van der Waals surface area contributed by atoms with Crippen molar-refractivity contribution in [2.24, 2.45) is 0 Å². The van der Waals surface area contributed by atoms with E-state index in [2.05, 4.69) is 4.98 Å². The molecule has 4 aromatic carbocycles. The van der Waals surface area contributed by atoms with Gasteiger partial charge in [-0.2, -0.15) is 8.42 Å². The van der Waals surface area contributed by atoms with Crippen LogP contribution in [0.2, 0.25) is 0 Å². The number of fused-ring (bicyclic) bond motifs is 2.